The van der Waals surface area contributed by atoms with E-state index in [1.807, 2.05) is 25.1 Å². The van der Waals surface area contributed by atoms with Gasteiger partial charge in [-0.1, -0.05) is 30.3 Å². The van der Waals surface area contributed by atoms with Gasteiger partial charge in [0.1, 0.15) is 0 Å². The van der Waals surface area contributed by atoms with Crippen molar-refractivity contribution in [3.05, 3.63) is 41.1 Å². The van der Waals surface area contributed by atoms with Crippen LogP contribution in [-0.2, 0) is 16.1 Å². The number of allylic oxidation sites excluding steroid dienone is 1. The van der Waals surface area contributed by atoms with Gasteiger partial charge in [0.2, 0.25) is 0 Å². The number of methoxy groups -OCH3 is 1. The molecule has 94 valence electrons. The van der Waals surface area contributed by atoms with Crippen LogP contribution in [-0.4, -0.2) is 20.3 Å². The summed E-state index contributed by atoms with van der Waals surface area (Å²) in [6.07, 6.45) is 0. The average molecular weight is 256 g/mol. The summed E-state index contributed by atoms with van der Waals surface area (Å²) in [7, 11) is 1.65. The summed E-state index contributed by atoms with van der Waals surface area (Å²) in [4.78, 5) is 0. The van der Waals surface area contributed by atoms with Crippen molar-refractivity contribution < 1.29 is 9.47 Å². The molecule has 1 aromatic carbocycles. The highest BCUT2D eigenvalue weighted by molar-refractivity contribution is 6.33. The molecule has 0 aromatic heterocycles. The summed E-state index contributed by atoms with van der Waals surface area (Å²) in [6.45, 7) is 7.35. The predicted molar refractivity (Wildman–Crippen MR) is 71.4 cm³/mol. The summed E-state index contributed by atoms with van der Waals surface area (Å²) in [5, 5.41) is 3.81. The topological polar surface area (TPSA) is 30.5 Å². The van der Waals surface area contributed by atoms with Gasteiger partial charge in [0.15, 0.2) is 0 Å². The van der Waals surface area contributed by atoms with Crippen molar-refractivity contribution >= 4 is 17.3 Å². The fourth-order valence-electron chi connectivity index (χ4n) is 1.37. The third kappa shape index (κ3) is 4.77. The van der Waals surface area contributed by atoms with Gasteiger partial charge in [-0.2, -0.15) is 0 Å². The highest BCUT2D eigenvalue weighted by atomic mass is 35.5. The van der Waals surface area contributed by atoms with Crippen molar-refractivity contribution in [2.75, 3.05) is 25.6 Å². The molecule has 1 rings (SSSR count). The lowest BCUT2D eigenvalue weighted by Gasteiger charge is -2.13. The van der Waals surface area contributed by atoms with E-state index in [-0.39, 0.29) is 0 Å². The Hall–Kier alpha value is -1.03. The Balaban J connectivity index is 2.69. The molecular formula is C13H18ClNO2. The maximum absolute atomic E-state index is 6.13. The van der Waals surface area contributed by atoms with Crippen molar-refractivity contribution in [1.29, 1.82) is 0 Å². The van der Waals surface area contributed by atoms with Gasteiger partial charge in [0.05, 0.1) is 30.5 Å². The SMILES string of the molecule is C=C(C)Nc1c(Cl)cccc1COCCOC. The molecule has 0 saturated heterocycles. The maximum Gasteiger partial charge on any atom is 0.0738 e. The minimum Gasteiger partial charge on any atom is -0.382 e. The Morgan fingerprint density at radius 1 is 1.41 bits per heavy atom. The molecule has 0 heterocycles. The summed E-state index contributed by atoms with van der Waals surface area (Å²) in [6, 6.07) is 5.72. The zero-order chi connectivity index (χ0) is 12.7. The van der Waals surface area contributed by atoms with E-state index < -0.39 is 0 Å². The van der Waals surface area contributed by atoms with E-state index in [1.54, 1.807) is 7.11 Å². The predicted octanol–water partition coefficient (Wildman–Crippen LogP) is 3.45. The normalized spacial score (nSPS) is 10.3. The second kappa shape index (κ2) is 7.33. The molecule has 0 spiro atoms. The van der Waals surface area contributed by atoms with E-state index in [4.69, 9.17) is 21.1 Å². The largest absolute Gasteiger partial charge is 0.382 e. The Morgan fingerprint density at radius 3 is 2.82 bits per heavy atom. The van der Waals surface area contributed by atoms with Crippen LogP contribution in [0.4, 0.5) is 5.69 Å². The van der Waals surface area contributed by atoms with E-state index in [0.29, 0.717) is 24.8 Å². The van der Waals surface area contributed by atoms with Crippen molar-refractivity contribution in [1.82, 2.24) is 0 Å². The van der Waals surface area contributed by atoms with Crippen LogP contribution in [0.5, 0.6) is 0 Å². The van der Waals surface area contributed by atoms with Crippen LogP contribution >= 0.6 is 11.6 Å². The van der Waals surface area contributed by atoms with Crippen LogP contribution in [0.25, 0.3) is 0 Å². The van der Waals surface area contributed by atoms with E-state index in [0.717, 1.165) is 16.9 Å². The van der Waals surface area contributed by atoms with Gasteiger partial charge in [0, 0.05) is 18.4 Å². The third-order valence-electron chi connectivity index (χ3n) is 2.13. The number of halogens is 1. The van der Waals surface area contributed by atoms with Gasteiger partial charge in [-0.25, -0.2) is 0 Å². The molecule has 1 aromatic rings. The van der Waals surface area contributed by atoms with Crippen molar-refractivity contribution in [3.63, 3.8) is 0 Å². The summed E-state index contributed by atoms with van der Waals surface area (Å²) in [5.41, 5.74) is 2.71. The molecule has 3 nitrogen and oxygen atoms in total. The molecule has 17 heavy (non-hydrogen) atoms. The van der Waals surface area contributed by atoms with Crippen LogP contribution in [0.2, 0.25) is 5.02 Å². The molecule has 0 aliphatic rings. The molecule has 0 amide bonds. The first-order valence-electron chi connectivity index (χ1n) is 5.41. The number of rotatable bonds is 7. The van der Waals surface area contributed by atoms with Crippen LogP contribution in [0.1, 0.15) is 12.5 Å². The fourth-order valence-corrected chi connectivity index (χ4v) is 1.61. The van der Waals surface area contributed by atoms with Crippen LogP contribution in [0.3, 0.4) is 0 Å². The molecule has 0 saturated carbocycles. The Kier molecular flexibility index (Phi) is 6.05. The van der Waals surface area contributed by atoms with E-state index in [2.05, 4.69) is 11.9 Å². The van der Waals surface area contributed by atoms with E-state index in [1.165, 1.54) is 0 Å². The maximum atomic E-state index is 6.13. The number of anilines is 1. The lowest BCUT2D eigenvalue weighted by Crippen LogP contribution is -2.05. The Bertz CT molecular complexity index is 380. The first-order chi connectivity index (χ1) is 8.15. The molecule has 0 radical (unpaired) electrons. The van der Waals surface area contributed by atoms with Crippen LogP contribution < -0.4 is 5.32 Å². The van der Waals surface area contributed by atoms with Crippen LogP contribution in [0.15, 0.2) is 30.5 Å². The van der Waals surface area contributed by atoms with E-state index in [9.17, 15) is 0 Å². The smallest absolute Gasteiger partial charge is 0.0738 e. The van der Waals surface area contributed by atoms with Gasteiger partial charge in [-0.3, -0.25) is 0 Å². The van der Waals surface area contributed by atoms with Gasteiger partial charge < -0.3 is 14.8 Å². The minimum atomic E-state index is 0.500. The summed E-state index contributed by atoms with van der Waals surface area (Å²) in [5.74, 6) is 0. The van der Waals surface area contributed by atoms with Gasteiger partial charge in [-0.05, 0) is 13.0 Å². The first kappa shape index (κ1) is 14.0. The van der Waals surface area contributed by atoms with Crippen molar-refractivity contribution in [2.45, 2.75) is 13.5 Å². The number of ether oxygens (including phenoxy) is 2. The minimum absolute atomic E-state index is 0.500. The van der Waals surface area contributed by atoms with E-state index >= 15 is 0 Å². The molecular weight excluding hydrogens is 238 g/mol. The zero-order valence-corrected chi connectivity index (χ0v) is 11.0. The second-order valence-electron chi connectivity index (χ2n) is 3.72. The Morgan fingerprint density at radius 2 is 2.18 bits per heavy atom. The van der Waals surface area contributed by atoms with Crippen LogP contribution in [0, 0.1) is 0 Å². The quantitative estimate of drug-likeness (QED) is 0.757. The first-order valence-corrected chi connectivity index (χ1v) is 5.79. The molecule has 0 aliphatic heterocycles. The molecule has 0 unspecified atom stereocenters. The molecule has 0 bridgehead atoms. The number of benzene rings is 1. The summed E-state index contributed by atoms with van der Waals surface area (Å²) < 4.78 is 10.4. The zero-order valence-electron chi connectivity index (χ0n) is 10.3. The van der Waals surface area contributed by atoms with Gasteiger partial charge >= 0.3 is 0 Å². The molecule has 1 N–H and O–H groups in total. The number of nitrogens with one attached hydrogen (secondary N) is 1. The molecule has 0 atom stereocenters. The Labute approximate surface area is 107 Å². The number of hydrogen-bond donors (Lipinski definition) is 1. The average Bonchev–Trinajstić information content (AvgIpc) is 2.28. The second-order valence-corrected chi connectivity index (χ2v) is 4.13. The van der Waals surface area contributed by atoms with Crippen molar-refractivity contribution in [3.8, 4) is 0 Å². The fraction of sp³-hybridized carbons (Fsp3) is 0.385. The summed E-state index contributed by atoms with van der Waals surface area (Å²) >= 11 is 6.13. The highest BCUT2D eigenvalue weighted by Gasteiger charge is 2.06. The number of hydrogen-bond acceptors (Lipinski definition) is 3. The standard InChI is InChI=1S/C13H18ClNO2/c1-10(2)15-13-11(5-4-6-12(13)14)9-17-8-7-16-3/h4-6,15H,1,7-9H2,2-3H3. The van der Waals surface area contributed by atoms with Gasteiger partial charge in [-0.15, -0.1) is 0 Å². The molecule has 4 heteroatoms. The monoisotopic (exact) mass is 255 g/mol. The highest BCUT2D eigenvalue weighted by Crippen LogP contribution is 2.27. The molecule has 0 aliphatic carbocycles. The molecule has 0 fully saturated rings. The third-order valence-corrected chi connectivity index (χ3v) is 2.44. The van der Waals surface area contributed by atoms with Gasteiger partial charge in [0.25, 0.3) is 0 Å². The lowest BCUT2D eigenvalue weighted by atomic mass is 10.2. The number of para-hydroxylation sites is 1. The van der Waals surface area contributed by atoms with Crippen molar-refractivity contribution in [2.24, 2.45) is 0 Å². The lowest BCUT2D eigenvalue weighted by molar-refractivity contribution is 0.0619.